The van der Waals surface area contributed by atoms with Gasteiger partial charge in [-0.25, -0.2) is 0 Å². The molecule has 0 amide bonds. The molecule has 0 bridgehead atoms. The van der Waals surface area contributed by atoms with Gasteiger partial charge in [0.15, 0.2) is 5.96 Å². The van der Waals surface area contributed by atoms with Crippen LogP contribution in [0.15, 0.2) is 35.3 Å². The Balaban J connectivity index is 1.93. The van der Waals surface area contributed by atoms with Crippen molar-refractivity contribution in [1.82, 2.24) is 20.4 Å². The third-order valence-electron chi connectivity index (χ3n) is 4.79. The number of rotatable bonds is 7. The van der Waals surface area contributed by atoms with E-state index in [4.69, 9.17) is 4.99 Å². The second-order valence-electron chi connectivity index (χ2n) is 6.79. The molecule has 1 aliphatic rings. The van der Waals surface area contributed by atoms with E-state index in [1.165, 1.54) is 0 Å². The average Bonchev–Trinajstić information content (AvgIpc) is 2.63. The van der Waals surface area contributed by atoms with Crippen molar-refractivity contribution < 1.29 is 5.11 Å². The predicted octanol–water partition coefficient (Wildman–Crippen LogP) is 0.563. The molecule has 1 saturated heterocycles. The minimum Gasteiger partial charge on any atom is -0.396 e. The lowest BCUT2D eigenvalue weighted by molar-refractivity contribution is 0.116. The number of piperazine rings is 1. The summed E-state index contributed by atoms with van der Waals surface area (Å²) in [7, 11) is 4.35. The Morgan fingerprint density at radius 2 is 2.00 bits per heavy atom. The summed E-state index contributed by atoms with van der Waals surface area (Å²) < 4.78 is 0. The molecule has 0 aromatic heterocycles. The first-order chi connectivity index (χ1) is 12.1. The Morgan fingerprint density at radius 3 is 2.68 bits per heavy atom. The fourth-order valence-corrected chi connectivity index (χ4v) is 3.07. The van der Waals surface area contributed by atoms with Crippen LogP contribution in [0, 0.1) is 0 Å². The number of aliphatic hydroxyl groups is 1. The molecule has 2 unspecified atom stereocenters. The standard InChI is InChI=1S/C19H33N5O/c1-4-20-19(22-13-18-14-23(2)10-11-24(18)3)21-12-17(15-25)16-8-6-5-7-9-16/h5-9,17-18,25H,4,10-15H2,1-3H3,(H2,20,21,22). The van der Waals surface area contributed by atoms with E-state index in [-0.39, 0.29) is 12.5 Å². The Hall–Kier alpha value is -1.63. The number of likely N-dealkylation sites (N-methyl/N-ethyl adjacent to an activating group) is 2. The zero-order valence-corrected chi connectivity index (χ0v) is 15.8. The fourth-order valence-electron chi connectivity index (χ4n) is 3.07. The maximum atomic E-state index is 9.70. The van der Waals surface area contributed by atoms with Gasteiger partial charge in [-0.15, -0.1) is 0 Å². The van der Waals surface area contributed by atoms with E-state index in [0.29, 0.717) is 12.6 Å². The molecule has 3 N–H and O–H groups in total. The van der Waals surface area contributed by atoms with Crippen LogP contribution < -0.4 is 10.6 Å². The number of nitrogens with zero attached hydrogens (tertiary/aromatic N) is 3. The monoisotopic (exact) mass is 347 g/mol. The highest BCUT2D eigenvalue weighted by Crippen LogP contribution is 2.14. The molecule has 1 aliphatic heterocycles. The van der Waals surface area contributed by atoms with Crippen molar-refractivity contribution in [3.63, 3.8) is 0 Å². The number of benzene rings is 1. The Labute approximate surface area is 151 Å². The van der Waals surface area contributed by atoms with Crippen molar-refractivity contribution in [2.45, 2.75) is 18.9 Å². The zero-order valence-electron chi connectivity index (χ0n) is 15.8. The van der Waals surface area contributed by atoms with Crippen LogP contribution in [0.4, 0.5) is 0 Å². The molecule has 1 aromatic carbocycles. The van der Waals surface area contributed by atoms with Crippen LogP contribution in [0.1, 0.15) is 18.4 Å². The average molecular weight is 348 g/mol. The summed E-state index contributed by atoms with van der Waals surface area (Å²) in [6, 6.07) is 10.6. The number of aliphatic hydroxyl groups excluding tert-OH is 1. The molecule has 6 heteroatoms. The Bertz CT molecular complexity index is 522. The molecule has 0 radical (unpaired) electrons. The molecule has 25 heavy (non-hydrogen) atoms. The topological polar surface area (TPSA) is 63.1 Å². The maximum Gasteiger partial charge on any atom is 0.191 e. The predicted molar refractivity (Wildman–Crippen MR) is 104 cm³/mol. The summed E-state index contributed by atoms with van der Waals surface area (Å²) in [6.07, 6.45) is 0. The smallest absolute Gasteiger partial charge is 0.191 e. The molecule has 1 fully saturated rings. The molecule has 1 aromatic rings. The van der Waals surface area contributed by atoms with Gasteiger partial charge in [0.25, 0.3) is 0 Å². The lowest BCUT2D eigenvalue weighted by Gasteiger charge is -2.38. The van der Waals surface area contributed by atoms with Gasteiger partial charge in [-0.3, -0.25) is 9.89 Å². The van der Waals surface area contributed by atoms with E-state index in [1.807, 2.05) is 30.3 Å². The molecule has 0 saturated carbocycles. The molecule has 2 rings (SSSR count). The van der Waals surface area contributed by atoms with Gasteiger partial charge < -0.3 is 20.6 Å². The van der Waals surface area contributed by atoms with E-state index in [9.17, 15) is 5.11 Å². The summed E-state index contributed by atoms with van der Waals surface area (Å²) in [6.45, 7) is 7.70. The van der Waals surface area contributed by atoms with Crippen LogP contribution in [0.25, 0.3) is 0 Å². The van der Waals surface area contributed by atoms with E-state index in [1.54, 1.807) is 0 Å². The molecular formula is C19H33N5O. The minimum atomic E-state index is 0.0279. The van der Waals surface area contributed by atoms with Crippen LogP contribution in [0.5, 0.6) is 0 Å². The van der Waals surface area contributed by atoms with Crippen LogP contribution in [0.2, 0.25) is 0 Å². The quantitative estimate of drug-likeness (QED) is 0.497. The third-order valence-corrected chi connectivity index (χ3v) is 4.79. The SMILES string of the molecule is CCNC(=NCC(CO)c1ccccc1)NCC1CN(C)CCN1C. The highest BCUT2D eigenvalue weighted by atomic mass is 16.3. The molecular weight excluding hydrogens is 314 g/mol. The summed E-state index contributed by atoms with van der Waals surface area (Å²) in [5.41, 5.74) is 1.12. The highest BCUT2D eigenvalue weighted by Gasteiger charge is 2.22. The maximum absolute atomic E-state index is 9.70. The van der Waals surface area contributed by atoms with Crippen LogP contribution >= 0.6 is 0 Å². The van der Waals surface area contributed by atoms with Crippen LogP contribution in [-0.2, 0) is 0 Å². The van der Waals surface area contributed by atoms with Crippen molar-refractivity contribution in [2.75, 3.05) is 60.0 Å². The first kappa shape index (κ1) is 19.7. The summed E-state index contributed by atoms with van der Waals surface area (Å²) in [5, 5.41) is 16.5. The van der Waals surface area contributed by atoms with Crippen molar-refractivity contribution in [3.8, 4) is 0 Å². The number of guanidine groups is 1. The van der Waals surface area contributed by atoms with Crippen molar-refractivity contribution >= 4 is 5.96 Å². The second kappa shape index (κ2) is 10.4. The minimum absolute atomic E-state index is 0.0279. The van der Waals surface area contributed by atoms with E-state index in [2.05, 4.69) is 41.5 Å². The van der Waals surface area contributed by atoms with Crippen molar-refractivity contribution in [3.05, 3.63) is 35.9 Å². The van der Waals surface area contributed by atoms with Gasteiger partial charge in [0.1, 0.15) is 0 Å². The van der Waals surface area contributed by atoms with E-state index in [0.717, 1.165) is 44.2 Å². The highest BCUT2D eigenvalue weighted by molar-refractivity contribution is 5.79. The molecule has 1 heterocycles. The Morgan fingerprint density at radius 1 is 1.24 bits per heavy atom. The van der Waals surface area contributed by atoms with E-state index >= 15 is 0 Å². The van der Waals surface area contributed by atoms with Crippen molar-refractivity contribution in [1.29, 1.82) is 0 Å². The van der Waals surface area contributed by atoms with E-state index < -0.39 is 0 Å². The number of hydrogen-bond acceptors (Lipinski definition) is 4. The van der Waals surface area contributed by atoms with Gasteiger partial charge in [-0.05, 0) is 26.6 Å². The largest absolute Gasteiger partial charge is 0.396 e. The molecule has 2 atom stereocenters. The second-order valence-corrected chi connectivity index (χ2v) is 6.79. The first-order valence-corrected chi connectivity index (χ1v) is 9.20. The van der Waals surface area contributed by atoms with Crippen molar-refractivity contribution in [2.24, 2.45) is 4.99 Å². The lowest BCUT2D eigenvalue weighted by atomic mass is 10.0. The van der Waals surface area contributed by atoms with Gasteiger partial charge in [-0.2, -0.15) is 0 Å². The van der Waals surface area contributed by atoms with Gasteiger partial charge in [0.2, 0.25) is 0 Å². The summed E-state index contributed by atoms with van der Waals surface area (Å²) in [5.74, 6) is 0.846. The number of hydrogen-bond donors (Lipinski definition) is 3. The zero-order chi connectivity index (χ0) is 18.1. The van der Waals surface area contributed by atoms with Crippen LogP contribution in [0.3, 0.4) is 0 Å². The number of aliphatic imine (C=N–C) groups is 1. The Kier molecular flexibility index (Phi) is 8.18. The molecule has 0 spiro atoms. The normalized spacial score (nSPS) is 21.1. The van der Waals surface area contributed by atoms with Crippen LogP contribution in [-0.4, -0.2) is 86.9 Å². The van der Waals surface area contributed by atoms with Gasteiger partial charge in [-0.1, -0.05) is 30.3 Å². The fraction of sp³-hybridized carbons (Fsp3) is 0.632. The van der Waals surface area contributed by atoms with Gasteiger partial charge >= 0.3 is 0 Å². The number of nitrogens with one attached hydrogen (secondary N) is 2. The summed E-state index contributed by atoms with van der Waals surface area (Å²) in [4.78, 5) is 9.46. The van der Waals surface area contributed by atoms with Gasteiger partial charge in [0.05, 0.1) is 13.2 Å². The summed E-state index contributed by atoms with van der Waals surface area (Å²) >= 11 is 0. The molecule has 140 valence electrons. The first-order valence-electron chi connectivity index (χ1n) is 9.20. The third kappa shape index (κ3) is 6.30. The molecule has 6 nitrogen and oxygen atoms in total. The van der Waals surface area contributed by atoms with Gasteiger partial charge in [0, 0.05) is 44.7 Å². The molecule has 0 aliphatic carbocycles. The lowest BCUT2D eigenvalue weighted by Crippen LogP contribution is -2.55.